The highest BCUT2D eigenvalue weighted by Crippen LogP contribution is 2.26. The van der Waals surface area contributed by atoms with Crippen LogP contribution in [0.2, 0.25) is 0 Å². The zero-order chi connectivity index (χ0) is 17.6. The maximum atomic E-state index is 13.1. The molecule has 0 aromatic heterocycles. The molecule has 0 aliphatic rings. The van der Waals surface area contributed by atoms with Gasteiger partial charge in [0.2, 0.25) is 0 Å². The maximum absolute atomic E-state index is 13.1. The molecule has 126 valence electrons. The third-order valence-corrected chi connectivity index (χ3v) is 3.33. The van der Waals surface area contributed by atoms with E-state index in [4.69, 9.17) is 0 Å². The zero-order valence-corrected chi connectivity index (χ0v) is 12.6. The third kappa shape index (κ3) is 4.94. The predicted octanol–water partition coefficient (Wildman–Crippen LogP) is 3.98. The summed E-state index contributed by atoms with van der Waals surface area (Å²) in [6.07, 6.45) is -7.92. The summed E-state index contributed by atoms with van der Waals surface area (Å²) in [5.41, 5.74) is 0.698. The minimum atomic E-state index is -4.95. The van der Waals surface area contributed by atoms with Gasteiger partial charge in [-0.2, -0.15) is 13.2 Å². The molecule has 0 heterocycles. The van der Waals surface area contributed by atoms with Crippen LogP contribution in [0.1, 0.15) is 22.3 Å². The molecule has 0 aliphatic heterocycles. The van der Waals surface area contributed by atoms with Gasteiger partial charge in [-0.05, 0) is 24.1 Å². The van der Waals surface area contributed by atoms with Gasteiger partial charge < -0.3 is 4.74 Å². The number of benzene rings is 2. The number of rotatable bonds is 6. The SMILES string of the molecule is O=C(OC(C(=O)CCc1ccccc1)C(F)(F)F)c1ccccc1. The lowest BCUT2D eigenvalue weighted by atomic mass is 10.0. The number of hydrogen-bond acceptors (Lipinski definition) is 3. The molecule has 6 heteroatoms. The van der Waals surface area contributed by atoms with Gasteiger partial charge in [0.05, 0.1) is 5.56 Å². The molecule has 1 atom stereocenters. The molecule has 0 radical (unpaired) electrons. The predicted molar refractivity (Wildman–Crippen MR) is 81.5 cm³/mol. The molecule has 1 unspecified atom stereocenters. The Kier molecular flexibility index (Phi) is 5.73. The first-order valence-corrected chi connectivity index (χ1v) is 7.27. The highest BCUT2D eigenvalue weighted by molar-refractivity contribution is 5.93. The highest BCUT2D eigenvalue weighted by Gasteiger charge is 2.47. The van der Waals surface area contributed by atoms with Gasteiger partial charge in [-0.3, -0.25) is 4.79 Å². The Balaban J connectivity index is 2.05. The number of carbonyl (C=O) groups is 2. The van der Waals surface area contributed by atoms with Crippen molar-refractivity contribution in [2.45, 2.75) is 25.1 Å². The van der Waals surface area contributed by atoms with E-state index < -0.39 is 24.0 Å². The minimum absolute atomic E-state index is 0.0393. The van der Waals surface area contributed by atoms with Gasteiger partial charge in [0.25, 0.3) is 6.10 Å². The lowest BCUT2D eigenvalue weighted by Crippen LogP contribution is -2.40. The molecule has 0 fully saturated rings. The number of ether oxygens (including phenoxy) is 1. The Morgan fingerprint density at radius 2 is 1.46 bits per heavy atom. The number of Topliss-reactive ketones (excluding diaryl/α,β-unsaturated/α-hetero) is 1. The topological polar surface area (TPSA) is 43.4 Å². The normalized spacial score (nSPS) is 12.5. The van der Waals surface area contributed by atoms with Crippen LogP contribution < -0.4 is 0 Å². The Morgan fingerprint density at radius 1 is 0.917 bits per heavy atom. The molecular formula is C18H15F3O3. The second-order valence-corrected chi connectivity index (χ2v) is 5.14. The fourth-order valence-electron chi connectivity index (χ4n) is 2.11. The Hall–Kier alpha value is -2.63. The van der Waals surface area contributed by atoms with Crippen LogP contribution in [0.25, 0.3) is 0 Å². The van der Waals surface area contributed by atoms with Crippen LogP contribution in [0, 0.1) is 0 Å². The standard InChI is InChI=1S/C18H15F3O3/c19-18(20,21)16(24-17(23)14-9-5-2-6-10-14)15(22)12-11-13-7-3-1-4-8-13/h1-10,16H,11-12H2. The first-order valence-electron chi connectivity index (χ1n) is 7.27. The molecule has 3 nitrogen and oxygen atoms in total. The van der Waals surface area contributed by atoms with E-state index >= 15 is 0 Å². The smallest absolute Gasteiger partial charge is 0.432 e. The van der Waals surface area contributed by atoms with Crippen LogP contribution in [0.4, 0.5) is 13.2 Å². The average Bonchev–Trinajstić information content (AvgIpc) is 2.58. The number of aryl methyl sites for hydroxylation is 1. The summed E-state index contributed by atoms with van der Waals surface area (Å²) in [4.78, 5) is 23.7. The Morgan fingerprint density at radius 3 is 2.00 bits per heavy atom. The van der Waals surface area contributed by atoms with E-state index in [-0.39, 0.29) is 18.4 Å². The van der Waals surface area contributed by atoms with Crippen LogP contribution in [-0.2, 0) is 16.0 Å². The summed E-state index contributed by atoms with van der Waals surface area (Å²) in [6.45, 7) is 0. The first-order chi connectivity index (χ1) is 11.4. The lowest BCUT2D eigenvalue weighted by molar-refractivity contribution is -0.204. The Labute approximate surface area is 137 Å². The molecule has 0 spiro atoms. The third-order valence-electron chi connectivity index (χ3n) is 3.33. The molecule has 0 aliphatic carbocycles. The van der Waals surface area contributed by atoms with E-state index in [1.807, 2.05) is 0 Å². The second-order valence-electron chi connectivity index (χ2n) is 5.14. The highest BCUT2D eigenvalue weighted by atomic mass is 19.4. The molecule has 0 saturated heterocycles. The van der Waals surface area contributed by atoms with Crippen molar-refractivity contribution < 1.29 is 27.5 Å². The van der Waals surface area contributed by atoms with Crippen LogP contribution in [0.5, 0.6) is 0 Å². The van der Waals surface area contributed by atoms with Crippen molar-refractivity contribution in [3.8, 4) is 0 Å². The van der Waals surface area contributed by atoms with Crippen molar-refractivity contribution in [3.63, 3.8) is 0 Å². The van der Waals surface area contributed by atoms with E-state index in [2.05, 4.69) is 4.74 Å². The van der Waals surface area contributed by atoms with Crippen molar-refractivity contribution in [1.29, 1.82) is 0 Å². The molecule has 0 amide bonds. The summed E-state index contributed by atoms with van der Waals surface area (Å²) in [6, 6.07) is 15.9. The van der Waals surface area contributed by atoms with Gasteiger partial charge in [-0.15, -0.1) is 0 Å². The van der Waals surface area contributed by atoms with Crippen LogP contribution in [-0.4, -0.2) is 24.0 Å². The van der Waals surface area contributed by atoms with Crippen LogP contribution in [0.3, 0.4) is 0 Å². The van der Waals surface area contributed by atoms with Gasteiger partial charge in [0.1, 0.15) is 0 Å². The van der Waals surface area contributed by atoms with Crippen LogP contribution >= 0.6 is 0 Å². The van der Waals surface area contributed by atoms with Gasteiger partial charge in [-0.25, -0.2) is 4.79 Å². The molecule has 0 saturated carbocycles. The number of esters is 1. The van der Waals surface area contributed by atoms with E-state index in [0.717, 1.165) is 5.56 Å². The zero-order valence-electron chi connectivity index (χ0n) is 12.6. The monoisotopic (exact) mass is 336 g/mol. The van der Waals surface area contributed by atoms with Crippen molar-refractivity contribution in [2.75, 3.05) is 0 Å². The van der Waals surface area contributed by atoms with Crippen molar-refractivity contribution in [3.05, 3.63) is 71.8 Å². The van der Waals surface area contributed by atoms with Crippen molar-refractivity contribution in [2.24, 2.45) is 0 Å². The number of halogens is 3. The molecule has 2 aromatic carbocycles. The lowest BCUT2D eigenvalue weighted by Gasteiger charge is -2.19. The average molecular weight is 336 g/mol. The van der Waals surface area contributed by atoms with Gasteiger partial charge in [0.15, 0.2) is 5.78 Å². The van der Waals surface area contributed by atoms with Gasteiger partial charge in [0, 0.05) is 6.42 Å². The largest absolute Gasteiger partial charge is 0.441 e. The van der Waals surface area contributed by atoms with E-state index in [0.29, 0.717) is 0 Å². The molecular weight excluding hydrogens is 321 g/mol. The van der Waals surface area contributed by atoms with E-state index in [1.54, 1.807) is 36.4 Å². The van der Waals surface area contributed by atoms with E-state index in [9.17, 15) is 22.8 Å². The Bertz CT molecular complexity index is 682. The second kappa shape index (κ2) is 7.77. The summed E-state index contributed by atoms with van der Waals surface area (Å²) >= 11 is 0. The summed E-state index contributed by atoms with van der Waals surface area (Å²) in [7, 11) is 0. The fraction of sp³-hybridized carbons (Fsp3) is 0.222. The van der Waals surface area contributed by atoms with Gasteiger partial charge >= 0.3 is 12.1 Å². The maximum Gasteiger partial charge on any atom is 0.432 e. The molecule has 24 heavy (non-hydrogen) atoms. The number of alkyl halides is 3. The quantitative estimate of drug-likeness (QED) is 0.750. The van der Waals surface area contributed by atoms with Gasteiger partial charge in [-0.1, -0.05) is 48.5 Å². The molecule has 2 aromatic rings. The van der Waals surface area contributed by atoms with Crippen LogP contribution in [0.15, 0.2) is 60.7 Å². The summed E-state index contributed by atoms with van der Waals surface area (Å²) in [5, 5.41) is 0. The molecule has 0 bridgehead atoms. The van der Waals surface area contributed by atoms with Crippen molar-refractivity contribution in [1.82, 2.24) is 0 Å². The van der Waals surface area contributed by atoms with E-state index in [1.165, 1.54) is 24.3 Å². The number of ketones is 1. The number of hydrogen-bond donors (Lipinski definition) is 0. The molecule has 2 rings (SSSR count). The minimum Gasteiger partial charge on any atom is -0.441 e. The first kappa shape index (κ1) is 17.7. The summed E-state index contributed by atoms with van der Waals surface area (Å²) in [5.74, 6) is -2.35. The fourth-order valence-corrected chi connectivity index (χ4v) is 2.11. The van der Waals surface area contributed by atoms with Crippen molar-refractivity contribution >= 4 is 11.8 Å². The number of carbonyl (C=O) groups excluding carboxylic acids is 2. The summed E-state index contributed by atoms with van der Waals surface area (Å²) < 4.78 is 43.7. The molecule has 0 N–H and O–H groups in total.